The Balaban J connectivity index is 2.58. The molecule has 1 aromatic rings. The monoisotopic (exact) mass is 309 g/mol. The van der Waals surface area contributed by atoms with Gasteiger partial charge in [0.2, 0.25) is 0 Å². The van der Waals surface area contributed by atoms with Crippen LogP contribution in [0.3, 0.4) is 0 Å². The number of nitrogens with one attached hydrogen (secondary N) is 2. The second-order valence-corrected chi connectivity index (χ2v) is 4.61. The normalized spacial score (nSPS) is 11.2. The molecule has 0 fully saturated rings. The van der Waals surface area contributed by atoms with Crippen LogP contribution >= 0.6 is 0 Å². The first kappa shape index (κ1) is 18.1. The molecule has 0 aliphatic carbocycles. The van der Waals surface area contributed by atoms with Crippen molar-refractivity contribution in [1.29, 1.82) is 0 Å². The summed E-state index contributed by atoms with van der Waals surface area (Å²) >= 11 is 0. The molecule has 0 heterocycles. The molecule has 0 atom stereocenters. The molecule has 6 nitrogen and oxygen atoms in total. The van der Waals surface area contributed by atoms with E-state index in [1.165, 1.54) is 0 Å². The van der Waals surface area contributed by atoms with Gasteiger partial charge in [-0.05, 0) is 37.1 Å². The van der Waals surface area contributed by atoms with Gasteiger partial charge in [0, 0.05) is 20.2 Å². The summed E-state index contributed by atoms with van der Waals surface area (Å²) in [6, 6.07) is 5.81. The van der Waals surface area contributed by atoms with Gasteiger partial charge in [-0.25, -0.2) is 0 Å². The molecule has 1 aromatic carbocycles. The van der Waals surface area contributed by atoms with E-state index in [9.17, 15) is 0 Å². The molecular formula is C16H27N3O3. The topological polar surface area (TPSA) is 64.1 Å². The summed E-state index contributed by atoms with van der Waals surface area (Å²) in [5, 5.41) is 6.51. The van der Waals surface area contributed by atoms with Gasteiger partial charge in [0.15, 0.2) is 5.96 Å². The molecule has 0 bridgehead atoms. The number of methoxy groups -OCH3 is 3. The van der Waals surface area contributed by atoms with Crippen LogP contribution in [0.15, 0.2) is 23.2 Å². The Morgan fingerprint density at radius 1 is 1.14 bits per heavy atom. The third-order valence-corrected chi connectivity index (χ3v) is 3.08. The van der Waals surface area contributed by atoms with Gasteiger partial charge in [-0.1, -0.05) is 0 Å². The Morgan fingerprint density at radius 3 is 2.59 bits per heavy atom. The van der Waals surface area contributed by atoms with E-state index in [1.54, 1.807) is 21.3 Å². The summed E-state index contributed by atoms with van der Waals surface area (Å²) in [5.41, 5.74) is 1.10. The van der Waals surface area contributed by atoms with Gasteiger partial charge in [0.25, 0.3) is 0 Å². The average Bonchev–Trinajstić information content (AvgIpc) is 2.55. The van der Waals surface area contributed by atoms with Crippen LogP contribution < -0.4 is 20.1 Å². The van der Waals surface area contributed by atoms with E-state index in [4.69, 9.17) is 14.2 Å². The van der Waals surface area contributed by atoms with Crippen molar-refractivity contribution in [3.8, 4) is 11.5 Å². The van der Waals surface area contributed by atoms with Crippen LogP contribution in [0.1, 0.15) is 12.5 Å². The fraction of sp³-hybridized carbons (Fsp3) is 0.562. The van der Waals surface area contributed by atoms with E-state index < -0.39 is 0 Å². The number of nitrogens with zero attached hydrogens (tertiary/aromatic N) is 1. The number of aliphatic imine (C=N–C) groups is 1. The summed E-state index contributed by atoms with van der Waals surface area (Å²) in [6.07, 6.45) is 0.815. The van der Waals surface area contributed by atoms with Gasteiger partial charge in [0.05, 0.1) is 27.4 Å². The van der Waals surface area contributed by atoms with Gasteiger partial charge < -0.3 is 24.8 Å². The maximum atomic E-state index is 5.38. The highest BCUT2D eigenvalue weighted by molar-refractivity contribution is 5.79. The number of guanidine groups is 1. The van der Waals surface area contributed by atoms with Crippen LogP contribution in [0.25, 0.3) is 0 Å². The van der Waals surface area contributed by atoms with Gasteiger partial charge in [0.1, 0.15) is 11.5 Å². The summed E-state index contributed by atoms with van der Waals surface area (Å²) in [5.74, 6) is 2.49. The predicted molar refractivity (Wildman–Crippen MR) is 89.1 cm³/mol. The first-order valence-corrected chi connectivity index (χ1v) is 7.47. The lowest BCUT2D eigenvalue weighted by Gasteiger charge is -2.13. The van der Waals surface area contributed by atoms with Gasteiger partial charge in [-0.2, -0.15) is 0 Å². The molecule has 0 radical (unpaired) electrons. The first-order chi connectivity index (χ1) is 10.7. The average molecular weight is 309 g/mol. The zero-order valence-electron chi connectivity index (χ0n) is 13.9. The molecule has 22 heavy (non-hydrogen) atoms. The van der Waals surface area contributed by atoms with Crippen LogP contribution in [-0.4, -0.2) is 53.5 Å². The lowest BCUT2D eigenvalue weighted by atomic mass is 10.1. The summed E-state index contributed by atoms with van der Waals surface area (Å²) in [4.78, 5) is 4.42. The lowest BCUT2D eigenvalue weighted by Crippen LogP contribution is -2.38. The molecule has 0 saturated carbocycles. The van der Waals surface area contributed by atoms with E-state index in [-0.39, 0.29) is 0 Å². The van der Waals surface area contributed by atoms with Gasteiger partial charge >= 0.3 is 0 Å². The zero-order chi connectivity index (χ0) is 16.2. The summed E-state index contributed by atoms with van der Waals surface area (Å²) < 4.78 is 15.7. The molecule has 0 aromatic heterocycles. The maximum Gasteiger partial charge on any atom is 0.191 e. The molecule has 124 valence electrons. The largest absolute Gasteiger partial charge is 0.497 e. The Bertz CT molecular complexity index is 464. The van der Waals surface area contributed by atoms with Crippen LogP contribution in [-0.2, 0) is 11.2 Å². The van der Waals surface area contributed by atoms with Crippen molar-refractivity contribution in [1.82, 2.24) is 10.6 Å². The zero-order valence-corrected chi connectivity index (χ0v) is 13.9. The van der Waals surface area contributed by atoms with E-state index in [2.05, 4.69) is 15.6 Å². The van der Waals surface area contributed by atoms with E-state index in [0.29, 0.717) is 13.2 Å². The highest BCUT2D eigenvalue weighted by Gasteiger charge is 2.05. The Kier molecular flexibility index (Phi) is 8.83. The van der Waals surface area contributed by atoms with E-state index in [1.807, 2.05) is 25.1 Å². The van der Waals surface area contributed by atoms with E-state index >= 15 is 0 Å². The Morgan fingerprint density at radius 2 is 1.95 bits per heavy atom. The molecular weight excluding hydrogens is 282 g/mol. The molecule has 0 aliphatic heterocycles. The summed E-state index contributed by atoms with van der Waals surface area (Å²) in [6.45, 7) is 4.86. The second-order valence-electron chi connectivity index (χ2n) is 4.61. The van der Waals surface area contributed by atoms with Crippen LogP contribution in [0.2, 0.25) is 0 Å². The quantitative estimate of drug-likeness (QED) is 0.411. The number of benzene rings is 1. The SMILES string of the molecule is CCNC(=NCCOC)NCCc1cc(OC)ccc1OC. The number of rotatable bonds is 9. The summed E-state index contributed by atoms with van der Waals surface area (Å²) in [7, 11) is 5.01. The van der Waals surface area contributed by atoms with Crippen molar-refractivity contribution in [2.24, 2.45) is 4.99 Å². The minimum absolute atomic E-state index is 0.611. The predicted octanol–water partition coefficient (Wildman–Crippen LogP) is 1.45. The molecule has 1 rings (SSSR count). The lowest BCUT2D eigenvalue weighted by molar-refractivity contribution is 0.208. The van der Waals surface area contributed by atoms with Crippen LogP contribution in [0.5, 0.6) is 11.5 Å². The highest BCUT2D eigenvalue weighted by atomic mass is 16.5. The Hall–Kier alpha value is -1.95. The number of hydrogen-bond donors (Lipinski definition) is 2. The standard InChI is InChI=1S/C16H27N3O3/c1-5-17-16(19-10-11-20-2)18-9-8-13-12-14(21-3)6-7-15(13)22-4/h6-7,12H,5,8-11H2,1-4H3,(H2,17,18,19). The minimum atomic E-state index is 0.611. The van der Waals surface area contributed by atoms with Crippen LogP contribution in [0, 0.1) is 0 Å². The van der Waals surface area contributed by atoms with E-state index in [0.717, 1.165) is 42.5 Å². The van der Waals surface area contributed by atoms with Crippen molar-refractivity contribution in [2.75, 3.05) is 47.6 Å². The number of hydrogen-bond acceptors (Lipinski definition) is 4. The maximum absolute atomic E-state index is 5.38. The van der Waals surface area contributed by atoms with Crippen LogP contribution in [0.4, 0.5) is 0 Å². The molecule has 6 heteroatoms. The highest BCUT2D eigenvalue weighted by Crippen LogP contribution is 2.23. The smallest absolute Gasteiger partial charge is 0.191 e. The van der Waals surface area contributed by atoms with Crippen molar-refractivity contribution in [2.45, 2.75) is 13.3 Å². The fourth-order valence-corrected chi connectivity index (χ4v) is 1.98. The fourth-order valence-electron chi connectivity index (χ4n) is 1.98. The van der Waals surface area contributed by atoms with Crippen molar-refractivity contribution in [3.63, 3.8) is 0 Å². The minimum Gasteiger partial charge on any atom is -0.497 e. The van der Waals surface area contributed by atoms with Gasteiger partial charge in [-0.3, -0.25) is 4.99 Å². The van der Waals surface area contributed by atoms with Crippen molar-refractivity contribution >= 4 is 5.96 Å². The van der Waals surface area contributed by atoms with Gasteiger partial charge in [-0.15, -0.1) is 0 Å². The second kappa shape index (κ2) is 10.7. The molecule has 0 aliphatic rings. The third kappa shape index (κ3) is 6.22. The van der Waals surface area contributed by atoms with Crippen molar-refractivity contribution in [3.05, 3.63) is 23.8 Å². The molecule has 0 unspecified atom stereocenters. The molecule has 0 spiro atoms. The first-order valence-electron chi connectivity index (χ1n) is 7.47. The van der Waals surface area contributed by atoms with Crippen molar-refractivity contribution < 1.29 is 14.2 Å². The Labute approximate surface area is 132 Å². The number of ether oxygens (including phenoxy) is 3. The third-order valence-electron chi connectivity index (χ3n) is 3.08. The molecule has 0 saturated heterocycles. The molecule has 2 N–H and O–H groups in total. The molecule has 0 amide bonds.